The van der Waals surface area contributed by atoms with E-state index in [-0.39, 0.29) is 6.42 Å². The first-order valence-corrected chi connectivity index (χ1v) is 9.34. The third kappa shape index (κ3) is 3.17. The maximum absolute atomic E-state index is 13.9. The number of aromatic nitrogens is 1. The van der Waals surface area contributed by atoms with Crippen molar-refractivity contribution >= 4 is 11.3 Å². The van der Waals surface area contributed by atoms with Crippen molar-refractivity contribution in [2.45, 2.75) is 71.5 Å². The molecule has 1 aromatic rings. The van der Waals surface area contributed by atoms with Gasteiger partial charge >= 0.3 is 6.18 Å². The first-order chi connectivity index (χ1) is 12.1. The number of halogens is 3. The fraction of sp³-hybridized carbons (Fsp3) is 0.571. The predicted octanol–water partition coefficient (Wildman–Crippen LogP) is 6.41. The van der Waals surface area contributed by atoms with Crippen LogP contribution in [0.3, 0.4) is 0 Å². The molecule has 26 heavy (non-hydrogen) atoms. The number of nitrogens with zero attached hydrogens (tertiary/aromatic N) is 1. The molecule has 2 unspecified atom stereocenters. The van der Waals surface area contributed by atoms with Crippen LogP contribution in [-0.4, -0.2) is 16.5 Å². The summed E-state index contributed by atoms with van der Waals surface area (Å²) in [5, 5.41) is 7.71. The van der Waals surface area contributed by atoms with Gasteiger partial charge in [-0.1, -0.05) is 24.6 Å². The lowest BCUT2D eigenvalue weighted by Gasteiger charge is -2.30. The van der Waals surface area contributed by atoms with E-state index in [1.165, 1.54) is 0 Å². The van der Waals surface area contributed by atoms with Gasteiger partial charge in [0.25, 0.3) is 0 Å². The number of rotatable bonds is 4. The van der Waals surface area contributed by atoms with Crippen LogP contribution in [0.25, 0.3) is 5.57 Å². The molecule has 0 aromatic carbocycles. The predicted molar refractivity (Wildman–Crippen MR) is 99.7 cm³/mol. The van der Waals surface area contributed by atoms with E-state index in [1.807, 2.05) is 31.5 Å². The van der Waals surface area contributed by atoms with Gasteiger partial charge in [0.2, 0.25) is 0 Å². The van der Waals surface area contributed by atoms with Crippen LogP contribution >= 0.6 is 0 Å². The van der Waals surface area contributed by atoms with Crippen LogP contribution in [-0.2, 0) is 6.54 Å². The molecule has 0 radical (unpaired) electrons. The molecular formula is C21H27F3N2. The molecule has 1 heterocycles. The molecule has 1 aromatic heterocycles. The number of alkyl halides is 3. The quantitative estimate of drug-likeness (QED) is 0.599. The number of nitrogens with one attached hydrogen (secondary N) is 1. The van der Waals surface area contributed by atoms with Crippen LogP contribution in [0.4, 0.5) is 13.2 Å². The largest absolute Gasteiger partial charge is 0.392 e. The van der Waals surface area contributed by atoms with E-state index in [0.29, 0.717) is 31.5 Å². The van der Waals surface area contributed by atoms with Gasteiger partial charge < -0.3 is 9.98 Å². The lowest BCUT2D eigenvalue weighted by atomic mass is 9.78. The Morgan fingerprint density at radius 1 is 1.35 bits per heavy atom. The Kier molecular flexibility index (Phi) is 4.93. The van der Waals surface area contributed by atoms with E-state index in [1.54, 1.807) is 0 Å². The summed E-state index contributed by atoms with van der Waals surface area (Å²) < 4.78 is 43.6. The Balaban J connectivity index is 2.17. The van der Waals surface area contributed by atoms with Crippen molar-refractivity contribution in [2.75, 3.05) is 0 Å². The van der Waals surface area contributed by atoms with Crippen molar-refractivity contribution in [3.63, 3.8) is 0 Å². The zero-order valence-electron chi connectivity index (χ0n) is 15.8. The molecule has 0 amide bonds. The zero-order valence-corrected chi connectivity index (χ0v) is 15.8. The fourth-order valence-electron chi connectivity index (χ4n) is 4.62. The lowest BCUT2D eigenvalue weighted by molar-refractivity contribution is -0.175. The first kappa shape index (κ1) is 19.0. The highest BCUT2D eigenvalue weighted by Crippen LogP contribution is 2.54. The Morgan fingerprint density at radius 3 is 2.50 bits per heavy atom. The Labute approximate surface area is 153 Å². The molecule has 0 spiro atoms. The van der Waals surface area contributed by atoms with E-state index in [2.05, 4.69) is 6.58 Å². The number of aryl methyl sites for hydroxylation is 1. The number of allylic oxidation sites excluding steroid dienone is 3. The summed E-state index contributed by atoms with van der Waals surface area (Å²) in [6.07, 6.45) is 0.399. The summed E-state index contributed by atoms with van der Waals surface area (Å²) >= 11 is 0. The summed E-state index contributed by atoms with van der Waals surface area (Å²) in [4.78, 5) is 0. The van der Waals surface area contributed by atoms with Gasteiger partial charge in [0.1, 0.15) is 0 Å². The molecule has 0 saturated heterocycles. The molecule has 0 aliphatic heterocycles. The first-order valence-electron chi connectivity index (χ1n) is 9.34. The molecule has 142 valence electrons. The van der Waals surface area contributed by atoms with Crippen molar-refractivity contribution in [2.24, 2.45) is 5.92 Å². The fourth-order valence-corrected chi connectivity index (χ4v) is 4.62. The maximum Gasteiger partial charge on any atom is 0.392 e. The summed E-state index contributed by atoms with van der Waals surface area (Å²) in [5.41, 5.74) is 6.23. The number of hydrogen-bond donors (Lipinski definition) is 1. The number of hydrogen-bond acceptors (Lipinski definition) is 1. The summed E-state index contributed by atoms with van der Waals surface area (Å²) in [5.74, 6) is -1.94. The highest BCUT2D eigenvalue weighted by molar-refractivity contribution is 5.93. The highest BCUT2D eigenvalue weighted by atomic mass is 19.4. The van der Waals surface area contributed by atoms with Crippen LogP contribution in [0.2, 0.25) is 0 Å². The average molecular weight is 364 g/mol. The molecule has 2 aliphatic rings. The van der Waals surface area contributed by atoms with Gasteiger partial charge in [0, 0.05) is 42.9 Å². The second-order valence-corrected chi connectivity index (χ2v) is 7.78. The summed E-state index contributed by atoms with van der Waals surface area (Å²) in [6, 6.07) is 0. The minimum absolute atomic E-state index is 0.152. The van der Waals surface area contributed by atoms with Gasteiger partial charge in [-0.2, -0.15) is 13.2 Å². The smallest absolute Gasteiger partial charge is 0.350 e. The van der Waals surface area contributed by atoms with E-state index < -0.39 is 18.0 Å². The molecule has 2 saturated carbocycles. The maximum atomic E-state index is 13.9. The molecule has 2 nitrogen and oxygen atoms in total. The molecule has 2 atom stereocenters. The molecule has 0 bridgehead atoms. The SMILES string of the molecule is C=C(C)c1cn(CCC)c(C2C(=C3CC(=N)C3)CCC2C(F)(F)F)c1C. The van der Waals surface area contributed by atoms with Crippen molar-refractivity contribution < 1.29 is 13.2 Å². The molecule has 5 heteroatoms. The van der Waals surface area contributed by atoms with Crippen molar-refractivity contribution in [1.29, 1.82) is 5.41 Å². The third-order valence-electron chi connectivity index (χ3n) is 5.83. The van der Waals surface area contributed by atoms with Crippen LogP contribution < -0.4 is 0 Å². The van der Waals surface area contributed by atoms with Crippen molar-refractivity contribution in [3.05, 3.63) is 40.7 Å². The average Bonchev–Trinajstić information content (AvgIpc) is 3.05. The van der Waals surface area contributed by atoms with Gasteiger partial charge in [-0.05, 0) is 49.8 Å². The second kappa shape index (κ2) is 6.75. The van der Waals surface area contributed by atoms with E-state index in [0.717, 1.165) is 40.0 Å². The molecule has 3 rings (SSSR count). The standard InChI is InChI=1S/C21H27F3N2/c1-5-8-26-11-17(12(2)3)13(4)20(26)19-16(14-9-15(25)10-14)6-7-18(19)21(22,23)24/h11,18-19,25H,2,5-10H2,1,3-4H3. The highest BCUT2D eigenvalue weighted by Gasteiger charge is 2.51. The van der Waals surface area contributed by atoms with E-state index in [4.69, 9.17) is 5.41 Å². The van der Waals surface area contributed by atoms with Gasteiger partial charge in [-0.3, -0.25) is 0 Å². The van der Waals surface area contributed by atoms with Gasteiger partial charge in [-0.25, -0.2) is 0 Å². The summed E-state index contributed by atoms with van der Waals surface area (Å²) in [6.45, 7) is 10.6. The Morgan fingerprint density at radius 2 is 2.00 bits per heavy atom. The normalized spacial score (nSPS) is 23.5. The van der Waals surface area contributed by atoms with E-state index in [9.17, 15) is 13.2 Å². The lowest BCUT2D eigenvalue weighted by Crippen LogP contribution is -2.28. The van der Waals surface area contributed by atoms with Gasteiger partial charge in [0.15, 0.2) is 0 Å². The minimum atomic E-state index is -4.21. The van der Waals surface area contributed by atoms with Gasteiger partial charge in [-0.15, -0.1) is 0 Å². The van der Waals surface area contributed by atoms with Crippen molar-refractivity contribution in [1.82, 2.24) is 4.57 Å². The van der Waals surface area contributed by atoms with Crippen LogP contribution in [0.15, 0.2) is 23.9 Å². The Bertz CT molecular complexity index is 770. The topological polar surface area (TPSA) is 28.8 Å². The molecule has 2 fully saturated rings. The second-order valence-electron chi connectivity index (χ2n) is 7.78. The van der Waals surface area contributed by atoms with Gasteiger partial charge in [0.05, 0.1) is 5.92 Å². The van der Waals surface area contributed by atoms with Crippen LogP contribution in [0.5, 0.6) is 0 Å². The van der Waals surface area contributed by atoms with Crippen molar-refractivity contribution in [3.8, 4) is 0 Å². The molecular weight excluding hydrogens is 337 g/mol. The Hall–Kier alpha value is -1.78. The summed E-state index contributed by atoms with van der Waals surface area (Å²) in [7, 11) is 0. The van der Waals surface area contributed by atoms with Crippen LogP contribution in [0.1, 0.15) is 68.7 Å². The monoisotopic (exact) mass is 364 g/mol. The van der Waals surface area contributed by atoms with E-state index >= 15 is 0 Å². The van der Waals surface area contributed by atoms with Crippen LogP contribution in [0, 0.1) is 18.3 Å². The molecule has 1 N–H and O–H groups in total. The third-order valence-corrected chi connectivity index (χ3v) is 5.83. The minimum Gasteiger partial charge on any atom is -0.350 e. The molecule has 2 aliphatic carbocycles. The zero-order chi connectivity index (χ0) is 19.2.